The molecular weight excluding hydrogens is 413 g/mol. The minimum Gasteiger partial charge on any atom is -0.480 e. The van der Waals surface area contributed by atoms with E-state index in [9.17, 15) is 27.6 Å². The van der Waals surface area contributed by atoms with Gasteiger partial charge in [-0.15, -0.1) is 24.5 Å². The number of alkyl halides is 3. The van der Waals surface area contributed by atoms with Gasteiger partial charge in [0.2, 0.25) is 5.91 Å². The van der Waals surface area contributed by atoms with Gasteiger partial charge >= 0.3 is 12.3 Å². The van der Waals surface area contributed by atoms with Gasteiger partial charge in [-0.1, -0.05) is 6.92 Å². The number of thiophene rings is 1. The van der Waals surface area contributed by atoms with E-state index in [1.165, 1.54) is 23.5 Å². The van der Waals surface area contributed by atoms with Gasteiger partial charge in [0.05, 0.1) is 18.7 Å². The largest absolute Gasteiger partial charge is 0.573 e. The molecule has 2 aromatic rings. The number of carbonyl (C=O) groups is 3. The van der Waals surface area contributed by atoms with Crippen LogP contribution in [0.3, 0.4) is 0 Å². The van der Waals surface area contributed by atoms with Crippen molar-refractivity contribution in [3.05, 3.63) is 46.3 Å². The maximum absolute atomic E-state index is 12.8. The maximum atomic E-state index is 12.8. The summed E-state index contributed by atoms with van der Waals surface area (Å²) < 4.78 is 40.5. The molecule has 1 aromatic heterocycles. The number of hydrogen-bond acceptors (Lipinski definition) is 6. The van der Waals surface area contributed by atoms with Gasteiger partial charge in [-0.05, 0) is 36.8 Å². The molecule has 29 heavy (non-hydrogen) atoms. The molecule has 0 aliphatic rings. The number of hydrogen-bond donors (Lipinski definition) is 3. The molecule has 0 saturated carbocycles. The summed E-state index contributed by atoms with van der Waals surface area (Å²) in [7, 11) is 0. The van der Waals surface area contributed by atoms with E-state index in [1.807, 2.05) is 6.92 Å². The fourth-order valence-corrected chi connectivity index (χ4v) is 3.30. The Hall–Kier alpha value is -2.92. The lowest BCUT2D eigenvalue weighted by Crippen LogP contribution is -2.31. The van der Waals surface area contributed by atoms with Crippen molar-refractivity contribution in [2.45, 2.75) is 19.7 Å². The van der Waals surface area contributed by atoms with Gasteiger partial charge < -0.3 is 15.2 Å². The van der Waals surface area contributed by atoms with Crippen molar-refractivity contribution < 1.29 is 37.4 Å². The normalized spacial score (nSPS) is 11.2. The summed E-state index contributed by atoms with van der Waals surface area (Å²) in [5.74, 6) is -2.57. The van der Waals surface area contributed by atoms with Crippen LogP contribution < -0.4 is 15.4 Å². The Labute approximate surface area is 167 Å². The highest BCUT2D eigenvalue weighted by molar-refractivity contribution is 7.16. The summed E-state index contributed by atoms with van der Waals surface area (Å²) in [6.45, 7) is 1.21. The molecular formula is C18H17F3N2O5S. The van der Waals surface area contributed by atoms with Crippen LogP contribution in [0.1, 0.15) is 27.7 Å². The van der Waals surface area contributed by atoms with Crippen LogP contribution in [0.2, 0.25) is 0 Å². The fraction of sp³-hybridized carbons (Fsp3) is 0.278. The average molecular weight is 430 g/mol. The van der Waals surface area contributed by atoms with Gasteiger partial charge in [0.15, 0.2) is 5.78 Å². The first-order chi connectivity index (χ1) is 13.6. The zero-order valence-corrected chi connectivity index (χ0v) is 15.9. The van der Waals surface area contributed by atoms with E-state index in [0.29, 0.717) is 6.42 Å². The van der Waals surface area contributed by atoms with Gasteiger partial charge in [0.25, 0.3) is 0 Å². The number of carbonyl (C=O) groups excluding carboxylic acids is 2. The zero-order valence-electron chi connectivity index (χ0n) is 15.1. The number of carboxylic acids is 1. The van der Waals surface area contributed by atoms with Crippen LogP contribution >= 0.6 is 11.3 Å². The maximum Gasteiger partial charge on any atom is 0.573 e. The second-order valence-electron chi connectivity index (χ2n) is 5.76. The number of anilines is 1. The van der Waals surface area contributed by atoms with E-state index in [1.54, 1.807) is 6.07 Å². The summed E-state index contributed by atoms with van der Waals surface area (Å²) in [6, 6.07) is 6.07. The summed E-state index contributed by atoms with van der Waals surface area (Å²) >= 11 is 1.19. The van der Waals surface area contributed by atoms with Gasteiger partial charge in [-0.2, -0.15) is 0 Å². The summed E-state index contributed by atoms with van der Waals surface area (Å²) in [4.78, 5) is 36.1. The van der Waals surface area contributed by atoms with Crippen LogP contribution in [0.25, 0.3) is 0 Å². The predicted octanol–water partition coefficient (Wildman–Crippen LogP) is 3.05. The number of aryl methyl sites for hydroxylation is 1. The molecule has 1 aromatic carbocycles. The number of benzene rings is 1. The molecule has 7 nitrogen and oxygen atoms in total. The van der Waals surface area contributed by atoms with Crippen molar-refractivity contribution in [1.82, 2.24) is 5.32 Å². The Morgan fingerprint density at radius 3 is 2.34 bits per heavy atom. The lowest BCUT2D eigenvalue weighted by atomic mass is 10.0. The minimum absolute atomic E-state index is 0.125. The number of rotatable bonds is 9. The summed E-state index contributed by atoms with van der Waals surface area (Å²) in [5, 5.41) is 13.8. The molecule has 1 heterocycles. The van der Waals surface area contributed by atoms with Gasteiger partial charge in [-0.3, -0.25) is 19.7 Å². The highest BCUT2D eigenvalue weighted by atomic mass is 32.1. The van der Waals surface area contributed by atoms with E-state index in [-0.39, 0.29) is 22.7 Å². The third-order valence-corrected chi connectivity index (χ3v) is 4.74. The highest BCUT2D eigenvalue weighted by Crippen LogP contribution is 2.31. The molecule has 0 atom stereocenters. The molecule has 3 N–H and O–H groups in total. The molecule has 0 spiro atoms. The number of halogens is 3. The van der Waals surface area contributed by atoms with E-state index in [0.717, 1.165) is 17.0 Å². The van der Waals surface area contributed by atoms with Crippen LogP contribution in [-0.4, -0.2) is 42.2 Å². The van der Waals surface area contributed by atoms with Crippen LogP contribution in [0.5, 0.6) is 5.75 Å². The van der Waals surface area contributed by atoms with Crippen molar-refractivity contribution >= 4 is 34.0 Å². The standard InChI is InChI=1S/C18H17F3N2O5S/c1-2-12-7-13(17(29-12)23-14(24)8-22-9-15(25)26)16(27)10-3-5-11(6-4-10)28-18(19,20)21/h3-7,22H,2,8-9H2,1H3,(H,23,24)(H,25,26). The van der Waals surface area contributed by atoms with Gasteiger partial charge in [-0.25, -0.2) is 0 Å². The monoisotopic (exact) mass is 430 g/mol. The fourth-order valence-electron chi connectivity index (χ4n) is 2.30. The first kappa shape index (κ1) is 22.4. The number of carboxylic acid groups (broad SMARTS) is 1. The van der Waals surface area contributed by atoms with Crippen molar-refractivity contribution in [3.8, 4) is 5.75 Å². The number of amides is 1. The van der Waals surface area contributed by atoms with E-state index in [4.69, 9.17) is 5.11 Å². The second kappa shape index (κ2) is 9.52. The van der Waals surface area contributed by atoms with Crippen molar-refractivity contribution in [2.24, 2.45) is 0 Å². The lowest BCUT2D eigenvalue weighted by Gasteiger charge is -2.09. The summed E-state index contributed by atoms with van der Waals surface area (Å²) in [6.07, 6.45) is -4.22. The molecule has 11 heteroatoms. The topological polar surface area (TPSA) is 105 Å². The minimum atomic E-state index is -4.83. The number of nitrogens with one attached hydrogen (secondary N) is 2. The predicted molar refractivity (Wildman–Crippen MR) is 99.4 cm³/mol. The highest BCUT2D eigenvalue weighted by Gasteiger charge is 2.31. The van der Waals surface area contributed by atoms with Crippen molar-refractivity contribution in [1.29, 1.82) is 0 Å². The quantitative estimate of drug-likeness (QED) is 0.528. The molecule has 0 unspecified atom stereocenters. The molecule has 1 amide bonds. The SMILES string of the molecule is CCc1cc(C(=O)c2ccc(OC(F)(F)F)cc2)c(NC(=O)CNCC(=O)O)s1. The number of ketones is 1. The van der Waals surface area contributed by atoms with E-state index < -0.39 is 36.3 Å². The molecule has 0 saturated heterocycles. The van der Waals surface area contributed by atoms with Gasteiger partial charge in [0, 0.05) is 10.4 Å². The second-order valence-corrected chi connectivity index (χ2v) is 6.89. The lowest BCUT2D eigenvalue weighted by molar-refractivity contribution is -0.274. The van der Waals surface area contributed by atoms with Gasteiger partial charge in [0.1, 0.15) is 10.8 Å². The summed E-state index contributed by atoms with van der Waals surface area (Å²) in [5.41, 5.74) is 0.322. The first-order valence-corrected chi connectivity index (χ1v) is 9.16. The van der Waals surface area contributed by atoms with E-state index in [2.05, 4.69) is 15.4 Å². The Kier molecular flexibility index (Phi) is 7.35. The van der Waals surface area contributed by atoms with Crippen molar-refractivity contribution in [2.75, 3.05) is 18.4 Å². The smallest absolute Gasteiger partial charge is 0.480 e. The molecule has 156 valence electrons. The van der Waals surface area contributed by atoms with Crippen LogP contribution in [0.15, 0.2) is 30.3 Å². The Balaban J connectivity index is 2.16. The zero-order chi connectivity index (χ0) is 21.6. The Bertz CT molecular complexity index is 894. The third-order valence-electron chi connectivity index (χ3n) is 3.54. The molecule has 0 bridgehead atoms. The third kappa shape index (κ3) is 6.88. The first-order valence-electron chi connectivity index (χ1n) is 8.34. The number of aliphatic carboxylic acids is 1. The van der Waals surface area contributed by atoms with Crippen LogP contribution in [0.4, 0.5) is 18.2 Å². The molecule has 2 rings (SSSR count). The Morgan fingerprint density at radius 1 is 1.14 bits per heavy atom. The molecule has 0 aliphatic heterocycles. The van der Waals surface area contributed by atoms with Crippen LogP contribution in [0, 0.1) is 0 Å². The number of ether oxygens (including phenoxy) is 1. The molecule has 0 radical (unpaired) electrons. The Morgan fingerprint density at radius 2 is 1.79 bits per heavy atom. The van der Waals surface area contributed by atoms with E-state index >= 15 is 0 Å². The van der Waals surface area contributed by atoms with Crippen molar-refractivity contribution in [3.63, 3.8) is 0 Å². The molecule has 0 aliphatic carbocycles. The van der Waals surface area contributed by atoms with Crippen LogP contribution in [-0.2, 0) is 16.0 Å². The average Bonchev–Trinajstić information content (AvgIpc) is 3.03. The molecule has 0 fully saturated rings.